The molecule has 0 bridgehead atoms. The fourth-order valence-corrected chi connectivity index (χ4v) is 3.60. The SMILES string of the molecule is COc1ccc2ccccc2c1/C=N/NC(=O)C(c1ccccc1)c1ccccc1. The molecule has 4 aromatic carbocycles. The number of benzene rings is 4. The highest BCUT2D eigenvalue weighted by Gasteiger charge is 2.22. The van der Waals surface area contributed by atoms with Gasteiger partial charge in [0.05, 0.1) is 19.2 Å². The number of methoxy groups -OCH3 is 1. The third-order valence-electron chi connectivity index (χ3n) is 5.05. The summed E-state index contributed by atoms with van der Waals surface area (Å²) in [5.41, 5.74) is 5.38. The van der Waals surface area contributed by atoms with Crippen LogP contribution in [0.15, 0.2) is 102 Å². The van der Waals surface area contributed by atoms with Gasteiger partial charge in [0.15, 0.2) is 0 Å². The minimum absolute atomic E-state index is 0.192. The van der Waals surface area contributed by atoms with Crippen molar-refractivity contribution in [2.75, 3.05) is 7.11 Å². The number of rotatable bonds is 6. The fourth-order valence-electron chi connectivity index (χ4n) is 3.60. The highest BCUT2D eigenvalue weighted by atomic mass is 16.5. The molecule has 0 aliphatic rings. The molecule has 0 fully saturated rings. The molecule has 4 heteroatoms. The van der Waals surface area contributed by atoms with E-state index in [2.05, 4.69) is 10.5 Å². The summed E-state index contributed by atoms with van der Waals surface area (Å²) in [6, 6.07) is 31.3. The van der Waals surface area contributed by atoms with E-state index in [1.165, 1.54) is 0 Å². The molecule has 0 saturated carbocycles. The Bertz CT molecular complexity index is 1130. The van der Waals surface area contributed by atoms with Gasteiger partial charge in [-0.1, -0.05) is 91.0 Å². The predicted molar refractivity (Wildman–Crippen MR) is 121 cm³/mol. The number of hydrazone groups is 1. The average Bonchev–Trinajstić information content (AvgIpc) is 2.81. The number of ether oxygens (including phenoxy) is 1. The lowest BCUT2D eigenvalue weighted by molar-refractivity contribution is -0.121. The molecular formula is C26H22N2O2. The Morgan fingerprint density at radius 2 is 1.43 bits per heavy atom. The number of hydrogen-bond acceptors (Lipinski definition) is 3. The van der Waals surface area contributed by atoms with Crippen molar-refractivity contribution >= 4 is 22.9 Å². The predicted octanol–water partition coefficient (Wildman–Crippen LogP) is 5.13. The smallest absolute Gasteiger partial charge is 0.252 e. The van der Waals surface area contributed by atoms with Gasteiger partial charge in [0.1, 0.15) is 5.75 Å². The van der Waals surface area contributed by atoms with Gasteiger partial charge in [-0.05, 0) is 28.0 Å². The van der Waals surface area contributed by atoms with Gasteiger partial charge in [-0.3, -0.25) is 4.79 Å². The van der Waals surface area contributed by atoms with Crippen molar-refractivity contribution in [1.29, 1.82) is 0 Å². The first-order valence-electron chi connectivity index (χ1n) is 9.76. The van der Waals surface area contributed by atoms with Gasteiger partial charge in [0, 0.05) is 5.56 Å². The van der Waals surface area contributed by atoms with E-state index in [1.807, 2.05) is 97.1 Å². The number of nitrogens with one attached hydrogen (secondary N) is 1. The Morgan fingerprint density at radius 1 is 0.833 bits per heavy atom. The summed E-state index contributed by atoms with van der Waals surface area (Å²) in [6.45, 7) is 0. The molecule has 4 aromatic rings. The molecule has 1 N–H and O–H groups in total. The number of nitrogens with zero attached hydrogens (tertiary/aromatic N) is 1. The van der Waals surface area contributed by atoms with Crippen LogP contribution in [0.1, 0.15) is 22.6 Å². The lowest BCUT2D eigenvalue weighted by Crippen LogP contribution is -2.26. The molecule has 0 aliphatic heterocycles. The van der Waals surface area contributed by atoms with Gasteiger partial charge in [-0.2, -0.15) is 5.10 Å². The largest absolute Gasteiger partial charge is 0.496 e. The fraction of sp³-hybridized carbons (Fsp3) is 0.0769. The lowest BCUT2D eigenvalue weighted by Gasteiger charge is -2.16. The molecule has 0 atom stereocenters. The minimum Gasteiger partial charge on any atom is -0.496 e. The van der Waals surface area contributed by atoms with Crippen LogP contribution in [0.3, 0.4) is 0 Å². The van der Waals surface area contributed by atoms with Gasteiger partial charge >= 0.3 is 0 Å². The molecule has 0 unspecified atom stereocenters. The average molecular weight is 394 g/mol. The van der Waals surface area contributed by atoms with Crippen LogP contribution in [0.5, 0.6) is 5.75 Å². The molecular weight excluding hydrogens is 372 g/mol. The normalized spacial score (nSPS) is 11.1. The highest BCUT2D eigenvalue weighted by molar-refractivity contribution is 6.02. The van der Waals surface area contributed by atoms with Crippen molar-refractivity contribution in [3.05, 3.63) is 114 Å². The van der Waals surface area contributed by atoms with Gasteiger partial charge in [-0.15, -0.1) is 0 Å². The van der Waals surface area contributed by atoms with E-state index in [-0.39, 0.29) is 5.91 Å². The number of fused-ring (bicyclic) bond motifs is 1. The van der Waals surface area contributed by atoms with E-state index in [1.54, 1.807) is 13.3 Å². The maximum atomic E-state index is 13.1. The lowest BCUT2D eigenvalue weighted by atomic mass is 9.91. The van der Waals surface area contributed by atoms with Crippen molar-refractivity contribution in [2.45, 2.75) is 5.92 Å². The summed E-state index contributed by atoms with van der Waals surface area (Å²) in [7, 11) is 1.63. The zero-order valence-electron chi connectivity index (χ0n) is 16.7. The first kappa shape index (κ1) is 19.4. The van der Waals surface area contributed by atoms with Crippen LogP contribution in [0, 0.1) is 0 Å². The number of carbonyl (C=O) groups excluding carboxylic acids is 1. The van der Waals surface area contributed by atoms with Crippen LogP contribution in [0.2, 0.25) is 0 Å². The van der Waals surface area contributed by atoms with Crippen molar-refractivity contribution in [3.63, 3.8) is 0 Å². The number of hydrogen-bond donors (Lipinski definition) is 1. The van der Waals surface area contributed by atoms with Gasteiger partial charge in [0.2, 0.25) is 0 Å². The first-order valence-corrected chi connectivity index (χ1v) is 9.76. The van der Waals surface area contributed by atoms with E-state index < -0.39 is 5.92 Å². The molecule has 30 heavy (non-hydrogen) atoms. The van der Waals surface area contributed by atoms with Crippen LogP contribution >= 0.6 is 0 Å². The third-order valence-corrected chi connectivity index (χ3v) is 5.05. The van der Waals surface area contributed by atoms with E-state index >= 15 is 0 Å². The number of amides is 1. The van der Waals surface area contributed by atoms with Crippen molar-refractivity contribution < 1.29 is 9.53 Å². The van der Waals surface area contributed by atoms with Gasteiger partial charge in [0.25, 0.3) is 5.91 Å². The zero-order valence-corrected chi connectivity index (χ0v) is 16.7. The second kappa shape index (κ2) is 9.05. The summed E-state index contributed by atoms with van der Waals surface area (Å²) < 4.78 is 5.49. The standard InChI is InChI=1S/C26H22N2O2/c1-30-24-17-16-19-10-8-9-15-22(19)23(24)18-27-28-26(29)25(20-11-4-2-5-12-20)21-13-6-3-7-14-21/h2-18,25H,1H3,(H,28,29)/b27-18+. The Hall–Kier alpha value is -3.92. The van der Waals surface area contributed by atoms with Crippen molar-refractivity contribution in [3.8, 4) is 5.75 Å². The van der Waals surface area contributed by atoms with E-state index in [4.69, 9.17) is 4.74 Å². The summed E-state index contributed by atoms with van der Waals surface area (Å²) in [5.74, 6) is 0.0659. The summed E-state index contributed by atoms with van der Waals surface area (Å²) >= 11 is 0. The minimum atomic E-state index is -0.445. The molecule has 0 heterocycles. The Labute approximate surface area is 175 Å². The second-order valence-corrected chi connectivity index (χ2v) is 6.89. The van der Waals surface area contributed by atoms with Gasteiger partial charge in [-0.25, -0.2) is 5.43 Å². The first-order chi connectivity index (χ1) is 14.8. The van der Waals surface area contributed by atoms with Crippen LogP contribution < -0.4 is 10.2 Å². The Kier molecular flexibility index (Phi) is 5.85. The van der Waals surface area contributed by atoms with Crippen LogP contribution in [-0.4, -0.2) is 19.2 Å². The molecule has 0 aromatic heterocycles. The van der Waals surface area contributed by atoms with Crippen LogP contribution in [-0.2, 0) is 4.79 Å². The van der Waals surface area contributed by atoms with E-state index in [9.17, 15) is 4.79 Å². The van der Waals surface area contributed by atoms with Crippen LogP contribution in [0.4, 0.5) is 0 Å². The summed E-state index contributed by atoms with van der Waals surface area (Å²) in [6.07, 6.45) is 1.64. The molecule has 0 saturated heterocycles. The molecule has 0 spiro atoms. The van der Waals surface area contributed by atoms with Crippen LogP contribution in [0.25, 0.3) is 10.8 Å². The van der Waals surface area contributed by atoms with Crippen molar-refractivity contribution in [2.24, 2.45) is 5.10 Å². The maximum Gasteiger partial charge on any atom is 0.252 e. The van der Waals surface area contributed by atoms with Gasteiger partial charge < -0.3 is 4.74 Å². The number of carbonyl (C=O) groups is 1. The van der Waals surface area contributed by atoms with Crippen molar-refractivity contribution in [1.82, 2.24) is 5.43 Å². The third kappa shape index (κ3) is 4.08. The molecule has 4 rings (SSSR count). The monoisotopic (exact) mass is 394 g/mol. The van der Waals surface area contributed by atoms with E-state index in [0.717, 1.165) is 27.5 Å². The molecule has 148 valence electrons. The topological polar surface area (TPSA) is 50.7 Å². The highest BCUT2D eigenvalue weighted by Crippen LogP contribution is 2.27. The molecule has 0 aliphatic carbocycles. The Balaban J connectivity index is 1.63. The zero-order chi connectivity index (χ0) is 20.8. The van der Waals surface area contributed by atoms with E-state index in [0.29, 0.717) is 5.75 Å². The maximum absolute atomic E-state index is 13.1. The molecule has 0 radical (unpaired) electrons. The molecule has 4 nitrogen and oxygen atoms in total. The Morgan fingerprint density at radius 3 is 2.07 bits per heavy atom. The molecule has 1 amide bonds. The quantitative estimate of drug-likeness (QED) is 0.364. The summed E-state index contributed by atoms with van der Waals surface area (Å²) in [4.78, 5) is 13.1. The summed E-state index contributed by atoms with van der Waals surface area (Å²) in [5, 5.41) is 6.36. The second-order valence-electron chi connectivity index (χ2n) is 6.89.